The van der Waals surface area contributed by atoms with Crippen LogP contribution < -0.4 is 0 Å². The third kappa shape index (κ3) is 1.43. The van der Waals surface area contributed by atoms with Crippen LogP contribution in [0.15, 0.2) is 67.0 Å². The van der Waals surface area contributed by atoms with Crippen LogP contribution in [0.4, 0.5) is 4.39 Å². The molecule has 1 heteroatoms. The monoisotopic (exact) mass is 222 g/mol. The van der Waals surface area contributed by atoms with Gasteiger partial charge in [0.05, 0.1) is 0 Å². The summed E-state index contributed by atoms with van der Waals surface area (Å²) in [5.41, 5.74) is 3.87. The van der Waals surface area contributed by atoms with Crippen molar-refractivity contribution in [1.82, 2.24) is 0 Å². The van der Waals surface area contributed by atoms with Crippen molar-refractivity contribution in [3.05, 3.63) is 83.7 Å². The van der Waals surface area contributed by atoms with E-state index in [9.17, 15) is 4.39 Å². The normalized spacial score (nSPS) is 14.1. The number of rotatable bonds is 1. The van der Waals surface area contributed by atoms with Crippen LogP contribution in [0.2, 0.25) is 0 Å². The molecule has 2 aromatic rings. The number of hydrogen-bond donors (Lipinski definition) is 0. The Bertz CT molecular complexity index is 621. The minimum Gasteiger partial charge on any atom is -0.206 e. The zero-order chi connectivity index (χ0) is 11.8. The van der Waals surface area contributed by atoms with Gasteiger partial charge in [-0.3, -0.25) is 0 Å². The molecule has 0 saturated heterocycles. The van der Waals surface area contributed by atoms with Crippen molar-refractivity contribution in [2.45, 2.75) is 0 Å². The van der Waals surface area contributed by atoms with Gasteiger partial charge in [0.1, 0.15) is 5.83 Å². The lowest BCUT2D eigenvalue weighted by Crippen LogP contribution is -1.85. The van der Waals surface area contributed by atoms with E-state index in [0.29, 0.717) is 11.1 Å². The second-order valence-corrected chi connectivity index (χ2v) is 4.08. The molecule has 0 saturated carbocycles. The zero-order valence-electron chi connectivity index (χ0n) is 9.28. The lowest BCUT2D eigenvalue weighted by Gasteiger charge is -2.04. The van der Waals surface area contributed by atoms with E-state index in [1.165, 1.54) is 0 Å². The molecule has 82 valence electrons. The Hall–Kier alpha value is -2.15. The first-order valence-electron chi connectivity index (χ1n) is 5.53. The molecule has 3 rings (SSSR count). The van der Waals surface area contributed by atoms with E-state index in [1.54, 1.807) is 0 Å². The summed E-state index contributed by atoms with van der Waals surface area (Å²) < 4.78 is 14.2. The molecule has 2 aromatic carbocycles. The molecule has 0 radical (unpaired) electrons. The highest BCUT2D eigenvalue weighted by Gasteiger charge is 2.25. The van der Waals surface area contributed by atoms with Crippen LogP contribution in [0.25, 0.3) is 11.1 Å². The summed E-state index contributed by atoms with van der Waals surface area (Å²) >= 11 is 0. The molecule has 0 aliphatic heterocycles. The summed E-state index contributed by atoms with van der Waals surface area (Å²) in [7, 11) is 0. The van der Waals surface area contributed by atoms with Crippen LogP contribution in [0.3, 0.4) is 0 Å². The summed E-state index contributed by atoms with van der Waals surface area (Å²) in [6.45, 7) is 3.82. The SMILES string of the molecule is C=C1C(F)=C(c2ccccc2)c2ccccc21. The Kier molecular flexibility index (Phi) is 2.19. The Morgan fingerprint density at radius 2 is 1.35 bits per heavy atom. The molecule has 0 amide bonds. The zero-order valence-corrected chi connectivity index (χ0v) is 9.28. The van der Waals surface area contributed by atoms with Crippen molar-refractivity contribution in [3.63, 3.8) is 0 Å². The van der Waals surface area contributed by atoms with Gasteiger partial charge >= 0.3 is 0 Å². The number of allylic oxidation sites excluding steroid dienone is 2. The maximum atomic E-state index is 14.2. The van der Waals surface area contributed by atoms with E-state index in [-0.39, 0.29) is 5.83 Å². The van der Waals surface area contributed by atoms with Gasteiger partial charge in [0, 0.05) is 11.1 Å². The molecule has 1 aliphatic rings. The van der Waals surface area contributed by atoms with Crippen LogP contribution in [0.1, 0.15) is 16.7 Å². The van der Waals surface area contributed by atoms with E-state index < -0.39 is 0 Å². The van der Waals surface area contributed by atoms with Gasteiger partial charge in [-0.05, 0) is 16.7 Å². The van der Waals surface area contributed by atoms with E-state index in [2.05, 4.69) is 6.58 Å². The van der Waals surface area contributed by atoms with Gasteiger partial charge in [-0.1, -0.05) is 61.2 Å². The number of fused-ring (bicyclic) bond motifs is 1. The first-order valence-corrected chi connectivity index (χ1v) is 5.53. The van der Waals surface area contributed by atoms with Crippen molar-refractivity contribution in [2.24, 2.45) is 0 Å². The summed E-state index contributed by atoms with van der Waals surface area (Å²) in [5.74, 6) is -0.211. The summed E-state index contributed by atoms with van der Waals surface area (Å²) in [4.78, 5) is 0. The van der Waals surface area contributed by atoms with Crippen molar-refractivity contribution in [2.75, 3.05) is 0 Å². The predicted molar refractivity (Wildman–Crippen MR) is 69.0 cm³/mol. The highest BCUT2D eigenvalue weighted by atomic mass is 19.1. The highest BCUT2D eigenvalue weighted by molar-refractivity contribution is 6.02. The molecule has 0 nitrogen and oxygen atoms in total. The fourth-order valence-corrected chi connectivity index (χ4v) is 2.24. The molecule has 17 heavy (non-hydrogen) atoms. The molecule has 0 fully saturated rings. The van der Waals surface area contributed by atoms with Gasteiger partial charge in [-0.2, -0.15) is 0 Å². The lowest BCUT2D eigenvalue weighted by molar-refractivity contribution is 0.681. The molecular weight excluding hydrogens is 211 g/mol. The van der Waals surface area contributed by atoms with E-state index in [0.717, 1.165) is 16.7 Å². The molecule has 0 aromatic heterocycles. The molecule has 0 atom stereocenters. The van der Waals surface area contributed by atoms with Crippen LogP contribution in [0, 0.1) is 0 Å². The number of hydrogen-bond acceptors (Lipinski definition) is 0. The van der Waals surface area contributed by atoms with Gasteiger partial charge in [0.25, 0.3) is 0 Å². The molecule has 0 heterocycles. The van der Waals surface area contributed by atoms with E-state index in [4.69, 9.17) is 0 Å². The van der Waals surface area contributed by atoms with Crippen LogP contribution in [-0.2, 0) is 0 Å². The third-order valence-electron chi connectivity index (χ3n) is 3.07. The quantitative estimate of drug-likeness (QED) is 0.669. The largest absolute Gasteiger partial charge is 0.206 e. The Labute approximate surface area is 99.7 Å². The molecule has 1 aliphatic carbocycles. The van der Waals surface area contributed by atoms with Gasteiger partial charge in [-0.15, -0.1) is 0 Å². The van der Waals surface area contributed by atoms with E-state index in [1.807, 2.05) is 54.6 Å². The Morgan fingerprint density at radius 3 is 2.06 bits per heavy atom. The summed E-state index contributed by atoms with van der Waals surface area (Å²) in [6, 6.07) is 17.3. The maximum absolute atomic E-state index is 14.2. The first kappa shape index (κ1) is 10.0. The molecule has 0 spiro atoms. The van der Waals surface area contributed by atoms with Gasteiger partial charge in [-0.25, -0.2) is 4.39 Å². The van der Waals surface area contributed by atoms with Gasteiger partial charge < -0.3 is 0 Å². The molecule has 0 unspecified atom stereocenters. The highest BCUT2D eigenvalue weighted by Crippen LogP contribution is 2.43. The second-order valence-electron chi connectivity index (χ2n) is 4.08. The average molecular weight is 222 g/mol. The standard InChI is InChI=1S/C16H11F/c1-11-13-9-5-6-10-14(13)15(16(11)17)12-7-3-2-4-8-12/h2-10H,1H2. The van der Waals surface area contributed by atoms with Crippen molar-refractivity contribution >= 4 is 11.1 Å². The van der Waals surface area contributed by atoms with Crippen LogP contribution >= 0.6 is 0 Å². The third-order valence-corrected chi connectivity index (χ3v) is 3.07. The van der Waals surface area contributed by atoms with Gasteiger partial charge in [0.15, 0.2) is 0 Å². The Morgan fingerprint density at radius 1 is 0.765 bits per heavy atom. The number of benzene rings is 2. The molecular formula is C16H11F. The molecule has 0 N–H and O–H groups in total. The second kappa shape index (κ2) is 3.70. The lowest BCUT2D eigenvalue weighted by atomic mass is 9.99. The summed E-state index contributed by atoms with van der Waals surface area (Å²) in [6.07, 6.45) is 0. The number of halogens is 1. The smallest absolute Gasteiger partial charge is 0.138 e. The topological polar surface area (TPSA) is 0 Å². The van der Waals surface area contributed by atoms with Crippen molar-refractivity contribution in [1.29, 1.82) is 0 Å². The van der Waals surface area contributed by atoms with E-state index >= 15 is 0 Å². The average Bonchev–Trinajstić information content (AvgIpc) is 2.64. The first-order chi connectivity index (χ1) is 8.29. The van der Waals surface area contributed by atoms with Crippen LogP contribution in [0.5, 0.6) is 0 Å². The molecule has 0 bridgehead atoms. The van der Waals surface area contributed by atoms with Gasteiger partial charge in [0.2, 0.25) is 0 Å². The minimum atomic E-state index is -0.211. The van der Waals surface area contributed by atoms with Crippen molar-refractivity contribution in [3.8, 4) is 0 Å². The summed E-state index contributed by atoms with van der Waals surface area (Å²) in [5, 5.41) is 0. The van der Waals surface area contributed by atoms with Crippen LogP contribution in [-0.4, -0.2) is 0 Å². The fraction of sp³-hybridized carbons (Fsp3) is 0. The van der Waals surface area contributed by atoms with Crippen molar-refractivity contribution < 1.29 is 4.39 Å². The maximum Gasteiger partial charge on any atom is 0.138 e. The predicted octanol–water partition coefficient (Wildman–Crippen LogP) is 4.44. The fourth-order valence-electron chi connectivity index (χ4n) is 2.24. The Balaban J connectivity index is 2.27. The minimum absolute atomic E-state index is 0.211.